The summed E-state index contributed by atoms with van der Waals surface area (Å²) >= 11 is 10.3. The molecule has 0 unspecified atom stereocenters. The third kappa shape index (κ3) is 5.67. The van der Waals surface area contributed by atoms with Crippen molar-refractivity contribution in [3.63, 3.8) is 0 Å². The van der Waals surface area contributed by atoms with Crippen molar-refractivity contribution in [2.45, 2.75) is 25.7 Å². The van der Waals surface area contributed by atoms with Crippen LogP contribution in [0.2, 0.25) is 5.02 Å². The zero-order valence-electron chi connectivity index (χ0n) is 22.9. The first kappa shape index (κ1) is 30.1. The van der Waals surface area contributed by atoms with Gasteiger partial charge in [0, 0.05) is 38.7 Å². The third-order valence-electron chi connectivity index (χ3n) is 7.15. The summed E-state index contributed by atoms with van der Waals surface area (Å²) in [5, 5.41) is 1.21. The number of fused-ring (bicyclic) bond motifs is 2. The molecule has 1 atom stereocenters. The summed E-state index contributed by atoms with van der Waals surface area (Å²) in [6, 6.07) is 20.1. The highest BCUT2D eigenvalue weighted by atomic mass is 79.9. The fraction of sp³-hybridized carbons (Fsp3) is 0.156. The molecule has 5 aromatic rings. The molecule has 0 N–H and O–H groups in total. The number of hydrogen-bond donors (Lipinski definition) is 0. The van der Waals surface area contributed by atoms with Gasteiger partial charge in [-0.3, -0.25) is 9.36 Å². The molecular weight excluding hydrogens is 679 g/mol. The van der Waals surface area contributed by atoms with E-state index in [2.05, 4.69) is 25.5 Å². The van der Waals surface area contributed by atoms with Crippen molar-refractivity contribution in [2.24, 2.45) is 4.99 Å². The highest BCUT2D eigenvalue weighted by Gasteiger charge is 2.45. The highest BCUT2D eigenvalue weighted by Crippen LogP contribution is 2.38. The molecule has 6 rings (SSSR count). The van der Waals surface area contributed by atoms with E-state index in [1.807, 2.05) is 54.7 Å². The molecule has 224 valence electrons. The molecule has 2 aromatic heterocycles. The molecule has 1 aliphatic heterocycles. The summed E-state index contributed by atoms with van der Waals surface area (Å²) in [6.07, 6.45) is -1.42. The first-order valence-corrected chi connectivity index (χ1v) is 15.4. The number of halogens is 5. The summed E-state index contributed by atoms with van der Waals surface area (Å²) in [5.74, 6) is -1.20. The molecule has 1 aliphatic rings. The van der Waals surface area contributed by atoms with Gasteiger partial charge in [0.2, 0.25) is 0 Å². The van der Waals surface area contributed by atoms with Crippen molar-refractivity contribution in [1.29, 1.82) is 0 Å². The molecule has 44 heavy (non-hydrogen) atoms. The van der Waals surface area contributed by atoms with Gasteiger partial charge in [-0.05, 0) is 54.5 Å². The summed E-state index contributed by atoms with van der Waals surface area (Å²) in [6.45, 7) is 1.90. The number of ether oxygens (including phenoxy) is 1. The van der Waals surface area contributed by atoms with E-state index in [0.717, 1.165) is 36.8 Å². The van der Waals surface area contributed by atoms with Gasteiger partial charge in [0.1, 0.15) is 0 Å². The number of alkyl halides is 3. The number of rotatable bonds is 6. The van der Waals surface area contributed by atoms with E-state index >= 15 is 0 Å². The second-order valence-corrected chi connectivity index (χ2v) is 12.3. The van der Waals surface area contributed by atoms with Crippen LogP contribution in [0.3, 0.4) is 0 Å². The lowest BCUT2D eigenvalue weighted by Gasteiger charge is -2.26. The van der Waals surface area contributed by atoms with E-state index in [-0.39, 0.29) is 21.5 Å². The first-order valence-electron chi connectivity index (χ1n) is 13.4. The van der Waals surface area contributed by atoms with Gasteiger partial charge in [0.15, 0.2) is 10.5 Å². The Labute approximate surface area is 266 Å². The molecule has 3 aromatic carbocycles. The van der Waals surface area contributed by atoms with Crippen molar-refractivity contribution < 1.29 is 22.7 Å². The number of hydrogen-bond acceptors (Lipinski definition) is 5. The van der Waals surface area contributed by atoms with Gasteiger partial charge in [0.05, 0.1) is 22.8 Å². The molecule has 12 heteroatoms. The minimum atomic E-state index is -4.98. The molecular formula is C32H22BrClF3N3O3S. The standard InChI is InChI=1S/C32H22BrClF3N3O3S/c1-2-43-30(42)26-27(19-9-13-22(34)14-10-19)40-29(41)25(44-31(40)38-28(26)32(35,36)37)15-20-17-39(24-6-4-3-5-23(20)24)16-18-7-11-21(33)12-8-18/h3-15,17,27H,2,16H2,1H3/b25-15-/t27-/m1/s1. The number of para-hydroxylation sites is 1. The van der Waals surface area contributed by atoms with Crippen molar-refractivity contribution in [3.05, 3.63) is 136 Å². The number of carbonyl (C=O) groups is 1. The SMILES string of the molecule is CCOC(=O)C1=C(C(F)(F)F)N=c2s/c(=C\c3cn(Cc4ccc(Br)cc4)c4ccccc34)c(=O)n2[C@@H]1c1ccc(Cl)cc1. The maximum atomic E-state index is 14.4. The molecule has 0 saturated heterocycles. The van der Waals surface area contributed by atoms with Gasteiger partial charge in [-0.2, -0.15) is 13.2 Å². The average molecular weight is 701 g/mol. The predicted octanol–water partition coefficient (Wildman–Crippen LogP) is 6.76. The number of nitrogens with zero attached hydrogens (tertiary/aromatic N) is 3. The Hall–Kier alpha value is -3.93. The van der Waals surface area contributed by atoms with Crippen LogP contribution in [0.25, 0.3) is 17.0 Å². The van der Waals surface area contributed by atoms with Crippen molar-refractivity contribution >= 4 is 61.8 Å². The Balaban J connectivity index is 1.56. The molecule has 0 bridgehead atoms. The molecule has 0 fully saturated rings. The van der Waals surface area contributed by atoms with E-state index in [1.165, 1.54) is 31.2 Å². The summed E-state index contributed by atoms with van der Waals surface area (Å²) in [4.78, 5) is 30.7. The van der Waals surface area contributed by atoms with E-state index < -0.39 is 35.0 Å². The van der Waals surface area contributed by atoms with Gasteiger partial charge in [-0.15, -0.1) is 0 Å². The Morgan fingerprint density at radius 2 is 1.80 bits per heavy atom. The van der Waals surface area contributed by atoms with Crippen LogP contribution in [0.15, 0.2) is 105 Å². The number of aromatic nitrogens is 2. The third-order valence-corrected chi connectivity index (χ3v) is 8.92. The summed E-state index contributed by atoms with van der Waals surface area (Å²) < 4.78 is 52.5. The summed E-state index contributed by atoms with van der Waals surface area (Å²) in [5.41, 5.74) is 0.231. The zero-order chi connectivity index (χ0) is 31.2. The molecule has 6 nitrogen and oxygen atoms in total. The fourth-order valence-electron chi connectivity index (χ4n) is 5.25. The molecule has 0 saturated carbocycles. The Kier molecular flexibility index (Phi) is 8.12. The maximum absolute atomic E-state index is 14.4. The lowest BCUT2D eigenvalue weighted by Crippen LogP contribution is -2.41. The Morgan fingerprint density at radius 1 is 1.09 bits per heavy atom. The maximum Gasteiger partial charge on any atom is 0.434 e. The second-order valence-electron chi connectivity index (χ2n) is 9.97. The molecule has 0 spiro atoms. The lowest BCUT2D eigenvalue weighted by atomic mass is 9.95. The van der Waals surface area contributed by atoms with Crippen LogP contribution in [0.4, 0.5) is 13.2 Å². The van der Waals surface area contributed by atoms with Crippen LogP contribution >= 0.6 is 38.9 Å². The van der Waals surface area contributed by atoms with Gasteiger partial charge in [-0.1, -0.05) is 81.3 Å². The van der Waals surface area contributed by atoms with Gasteiger partial charge < -0.3 is 9.30 Å². The smallest absolute Gasteiger partial charge is 0.434 e. The normalized spacial score (nSPS) is 15.4. The Bertz CT molecular complexity index is 2110. The van der Waals surface area contributed by atoms with Crippen LogP contribution in [0.5, 0.6) is 0 Å². The Morgan fingerprint density at radius 3 is 2.48 bits per heavy atom. The van der Waals surface area contributed by atoms with Crippen LogP contribution in [-0.4, -0.2) is 27.9 Å². The van der Waals surface area contributed by atoms with E-state index in [9.17, 15) is 22.8 Å². The number of benzene rings is 3. The molecule has 0 aliphatic carbocycles. The van der Waals surface area contributed by atoms with Crippen LogP contribution in [0, 0.1) is 0 Å². The highest BCUT2D eigenvalue weighted by molar-refractivity contribution is 9.10. The number of thiazole rings is 1. The average Bonchev–Trinajstić information content (AvgIpc) is 3.50. The van der Waals surface area contributed by atoms with E-state index in [0.29, 0.717) is 17.1 Å². The fourth-order valence-corrected chi connectivity index (χ4v) is 6.63. The first-order chi connectivity index (χ1) is 21.0. The van der Waals surface area contributed by atoms with Crippen LogP contribution < -0.4 is 14.9 Å². The molecule has 0 radical (unpaired) electrons. The van der Waals surface area contributed by atoms with Crippen molar-refractivity contribution in [3.8, 4) is 0 Å². The monoisotopic (exact) mass is 699 g/mol. The number of esters is 1. The lowest BCUT2D eigenvalue weighted by molar-refractivity contribution is -0.140. The second kappa shape index (κ2) is 11.9. The van der Waals surface area contributed by atoms with Crippen LogP contribution in [-0.2, 0) is 16.1 Å². The van der Waals surface area contributed by atoms with E-state index in [4.69, 9.17) is 16.3 Å². The van der Waals surface area contributed by atoms with E-state index in [1.54, 1.807) is 6.08 Å². The van der Waals surface area contributed by atoms with Gasteiger partial charge >= 0.3 is 12.1 Å². The van der Waals surface area contributed by atoms with Crippen molar-refractivity contribution in [1.82, 2.24) is 9.13 Å². The molecule has 3 heterocycles. The van der Waals surface area contributed by atoms with Gasteiger partial charge in [0.25, 0.3) is 5.56 Å². The quantitative estimate of drug-likeness (QED) is 0.184. The van der Waals surface area contributed by atoms with Crippen molar-refractivity contribution in [2.75, 3.05) is 6.61 Å². The minimum Gasteiger partial charge on any atom is -0.463 e. The topological polar surface area (TPSA) is 65.6 Å². The largest absolute Gasteiger partial charge is 0.463 e. The number of carbonyl (C=O) groups excluding carboxylic acids is 1. The minimum absolute atomic E-state index is 0.157. The van der Waals surface area contributed by atoms with Crippen LogP contribution in [0.1, 0.15) is 29.7 Å². The van der Waals surface area contributed by atoms with Gasteiger partial charge in [-0.25, -0.2) is 9.79 Å². The molecule has 0 amide bonds. The zero-order valence-corrected chi connectivity index (χ0v) is 26.1. The summed E-state index contributed by atoms with van der Waals surface area (Å²) in [7, 11) is 0. The predicted molar refractivity (Wildman–Crippen MR) is 167 cm³/mol. The number of allylic oxidation sites excluding steroid dienone is 1.